The number of para-hydroxylation sites is 1. The van der Waals surface area contributed by atoms with Crippen LogP contribution in [0.5, 0.6) is 5.75 Å². The normalized spacial score (nSPS) is 17.2. The lowest BCUT2D eigenvalue weighted by Gasteiger charge is -2.46. The van der Waals surface area contributed by atoms with Crippen molar-refractivity contribution in [3.05, 3.63) is 83.6 Å². The number of hydrogen-bond acceptors (Lipinski definition) is 5. The minimum Gasteiger partial charge on any atom is -0.406 e. The Morgan fingerprint density at radius 3 is 2.63 bits per heavy atom. The molecule has 0 aliphatic carbocycles. The van der Waals surface area contributed by atoms with E-state index in [4.69, 9.17) is 0 Å². The van der Waals surface area contributed by atoms with Crippen molar-refractivity contribution in [3.63, 3.8) is 0 Å². The Hall–Kier alpha value is -4.19. The topological polar surface area (TPSA) is 94.7 Å². The second kappa shape index (κ2) is 8.42. The van der Waals surface area contributed by atoms with Crippen LogP contribution in [0.25, 0.3) is 10.9 Å². The van der Waals surface area contributed by atoms with Gasteiger partial charge in [-0.15, -0.1) is 13.2 Å². The van der Waals surface area contributed by atoms with Gasteiger partial charge in [-0.25, -0.2) is 8.42 Å². The fourth-order valence-corrected chi connectivity index (χ4v) is 6.34. The van der Waals surface area contributed by atoms with Crippen LogP contribution in [0, 0.1) is 0 Å². The summed E-state index contributed by atoms with van der Waals surface area (Å²) in [5, 5.41) is 1.13. The summed E-state index contributed by atoms with van der Waals surface area (Å²) in [4.78, 5) is 20.3. The fourth-order valence-electron chi connectivity index (χ4n) is 5.25. The fraction of sp³-hybridized carbons (Fsp3) is 0.192. The molecule has 12 heteroatoms. The highest BCUT2D eigenvalue weighted by atomic mass is 32.2. The molecular weight excluding hydrogens is 521 g/mol. The number of alkyl halides is 3. The molecule has 0 spiro atoms. The predicted octanol–water partition coefficient (Wildman–Crippen LogP) is 5.01. The van der Waals surface area contributed by atoms with Crippen molar-refractivity contribution in [2.45, 2.75) is 23.8 Å². The molecule has 196 valence electrons. The quantitative estimate of drug-likeness (QED) is 0.378. The molecule has 0 saturated heterocycles. The van der Waals surface area contributed by atoms with Crippen molar-refractivity contribution in [1.29, 1.82) is 0 Å². The Balaban J connectivity index is 1.32. The molecule has 38 heavy (non-hydrogen) atoms. The van der Waals surface area contributed by atoms with E-state index in [-0.39, 0.29) is 17.8 Å². The van der Waals surface area contributed by atoms with Gasteiger partial charge < -0.3 is 19.5 Å². The molecule has 2 N–H and O–H groups in total. The SMILES string of the molecule is CN1c2ccc(NS(=O)(=O)c3cccc(OC(F)(F)F)c3)cc2C(=O)N2CCc3c([nH]c4ccccc34)C21. The third kappa shape index (κ3) is 4.01. The Morgan fingerprint density at radius 1 is 1.05 bits per heavy atom. The van der Waals surface area contributed by atoms with Crippen LogP contribution in [-0.2, 0) is 16.4 Å². The number of ether oxygens (including phenoxy) is 1. The molecule has 3 aromatic carbocycles. The lowest BCUT2D eigenvalue weighted by Crippen LogP contribution is -2.51. The van der Waals surface area contributed by atoms with Gasteiger partial charge in [-0.3, -0.25) is 9.52 Å². The van der Waals surface area contributed by atoms with Gasteiger partial charge in [0.15, 0.2) is 0 Å². The first-order valence-corrected chi connectivity index (χ1v) is 13.2. The van der Waals surface area contributed by atoms with Crippen LogP contribution < -0.4 is 14.4 Å². The van der Waals surface area contributed by atoms with Gasteiger partial charge in [-0.05, 0) is 48.4 Å². The second-order valence-corrected chi connectivity index (χ2v) is 10.8. The summed E-state index contributed by atoms with van der Waals surface area (Å²) in [6.45, 7) is 0.490. The number of fused-ring (bicyclic) bond motifs is 6. The number of aromatic nitrogens is 1. The number of sulfonamides is 1. The molecule has 6 rings (SSSR count). The van der Waals surface area contributed by atoms with Crippen LogP contribution in [-0.4, -0.2) is 44.2 Å². The van der Waals surface area contributed by atoms with Gasteiger partial charge in [0.05, 0.1) is 21.8 Å². The van der Waals surface area contributed by atoms with Gasteiger partial charge in [-0.2, -0.15) is 0 Å². The summed E-state index contributed by atoms with van der Waals surface area (Å²) in [6, 6.07) is 16.7. The summed E-state index contributed by atoms with van der Waals surface area (Å²) in [7, 11) is -2.39. The maximum Gasteiger partial charge on any atom is 0.573 e. The van der Waals surface area contributed by atoms with E-state index in [1.807, 2.05) is 30.1 Å². The number of H-pyrrole nitrogens is 1. The van der Waals surface area contributed by atoms with Crippen molar-refractivity contribution in [2.24, 2.45) is 0 Å². The smallest absolute Gasteiger partial charge is 0.406 e. The molecular formula is C26H21F3N4O4S. The van der Waals surface area contributed by atoms with Crippen molar-refractivity contribution in [1.82, 2.24) is 9.88 Å². The van der Waals surface area contributed by atoms with Gasteiger partial charge in [0.2, 0.25) is 0 Å². The first-order valence-electron chi connectivity index (χ1n) is 11.7. The molecule has 0 saturated carbocycles. The molecule has 0 fully saturated rings. The van der Waals surface area contributed by atoms with Crippen molar-refractivity contribution in [2.75, 3.05) is 23.2 Å². The van der Waals surface area contributed by atoms with Crippen LogP contribution in [0.1, 0.15) is 27.8 Å². The number of benzene rings is 3. The molecule has 0 radical (unpaired) electrons. The highest BCUT2D eigenvalue weighted by Crippen LogP contribution is 2.43. The number of hydrogen-bond donors (Lipinski definition) is 2. The monoisotopic (exact) mass is 542 g/mol. The van der Waals surface area contributed by atoms with E-state index in [9.17, 15) is 26.4 Å². The average molecular weight is 543 g/mol. The number of nitrogens with one attached hydrogen (secondary N) is 2. The zero-order chi connectivity index (χ0) is 26.8. The molecule has 0 bridgehead atoms. The zero-order valence-corrected chi connectivity index (χ0v) is 20.7. The van der Waals surface area contributed by atoms with Gasteiger partial charge in [0, 0.05) is 36.2 Å². The van der Waals surface area contributed by atoms with Crippen LogP contribution >= 0.6 is 0 Å². The lowest BCUT2D eigenvalue weighted by atomic mass is 9.96. The number of carbonyl (C=O) groups excluding carboxylic acids is 1. The summed E-state index contributed by atoms with van der Waals surface area (Å²) in [5.74, 6) is -0.899. The molecule has 8 nitrogen and oxygen atoms in total. The maximum atomic E-state index is 13.6. The standard InChI is InChI=1S/C26H21F3N4O4S/c1-32-22-10-9-15(31-38(35,36)17-6-4-5-16(14-17)37-26(27,28)29)13-20(22)25(34)33-12-11-19-18-7-2-3-8-21(18)30-23(19)24(32)33/h2-10,13-14,24,30-31H,11-12H2,1H3. The number of aromatic amines is 1. The highest BCUT2D eigenvalue weighted by Gasteiger charge is 2.41. The Bertz CT molecular complexity index is 1700. The van der Waals surface area contributed by atoms with Crippen LogP contribution in [0.2, 0.25) is 0 Å². The summed E-state index contributed by atoms with van der Waals surface area (Å²) in [5.41, 5.74) is 4.18. The molecule has 2 aliphatic heterocycles. The molecule has 1 aromatic heterocycles. The molecule has 2 aliphatic rings. The van der Waals surface area contributed by atoms with Crippen LogP contribution in [0.4, 0.5) is 24.5 Å². The van der Waals surface area contributed by atoms with Gasteiger partial charge >= 0.3 is 6.36 Å². The zero-order valence-electron chi connectivity index (χ0n) is 19.9. The van der Waals surface area contributed by atoms with Crippen molar-refractivity contribution in [3.8, 4) is 5.75 Å². The first kappa shape index (κ1) is 24.2. The number of anilines is 2. The van der Waals surface area contributed by atoms with E-state index in [2.05, 4.69) is 20.5 Å². The third-order valence-corrected chi connectivity index (χ3v) is 8.22. The van der Waals surface area contributed by atoms with E-state index in [0.29, 0.717) is 24.2 Å². The molecule has 3 heterocycles. The molecule has 1 unspecified atom stereocenters. The highest BCUT2D eigenvalue weighted by molar-refractivity contribution is 7.92. The Labute approximate surface area is 215 Å². The summed E-state index contributed by atoms with van der Waals surface area (Å²) >= 11 is 0. The average Bonchev–Trinajstić information content (AvgIpc) is 3.24. The predicted molar refractivity (Wildman–Crippen MR) is 135 cm³/mol. The minimum absolute atomic E-state index is 0.106. The number of nitrogens with zero attached hydrogens (tertiary/aromatic N) is 2. The number of carbonyl (C=O) groups is 1. The van der Waals surface area contributed by atoms with E-state index >= 15 is 0 Å². The van der Waals surface area contributed by atoms with Gasteiger partial charge in [-0.1, -0.05) is 24.3 Å². The van der Waals surface area contributed by atoms with Crippen LogP contribution in [0.3, 0.4) is 0 Å². The van der Waals surface area contributed by atoms with Gasteiger partial charge in [0.25, 0.3) is 15.9 Å². The van der Waals surface area contributed by atoms with Crippen LogP contribution in [0.15, 0.2) is 71.6 Å². The van der Waals surface area contributed by atoms with E-state index in [1.165, 1.54) is 17.7 Å². The largest absolute Gasteiger partial charge is 0.573 e. The Kier molecular flexibility index (Phi) is 5.35. The summed E-state index contributed by atoms with van der Waals surface area (Å²) < 4.78 is 69.8. The van der Waals surface area contributed by atoms with Gasteiger partial charge in [0.1, 0.15) is 11.9 Å². The third-order valence-electron chi connectivity index (χ3n) is 6.84. The number of halogens is 3. The molecule has 1 amide bonds. The first-order chi connectivity index (χ1) is 18.0. The van der Waals surface area contributed by atoms with Crippen molar-refractivity contribution >= 4 is 38.2 Å². The molecule has 4 aromatic rings. The second-order valence-electron chi connectivity index (χ2n) is 9.16. The maximum absolute atomic E-state index is 13.6. The summed E-state index contributed by atoms with van der Waals surface area (Å²) in [6.07, 6.45) is -4.63. The van der Waals surface area contributed by atoms with E-state index in [0.717, 1.165) is 40.9 Å². The Morgan fingerprint density at radius 2 is 1.84 bits per heavy atom. The minimum atomic E-state index is -4.96. The number of rotatable bonds is 4. The molecule has 1 atom stereocenters. The number of amides is 1. The van der Waals surface area contributed by atoms with Crippen molar-refractivity contribution < 1.29 is 31.1 Å². The lowest BCUT2D eigenvalue weighted by molar-refractivity contribution is -0.274. The van der Waals surface area contributed by atoms with E-state index in [1.54, 1.807) is 11.0 Å². The van der Waals surface area contributed by atoms with E-state index < -0.39 is 27.0 Å².